The Balaban J connectivity index is 0.000000527. The van der Waals surface area contributed by atoms with E-state index in [9.17, 15) is 14.4 Å². The molecule has 0 bridgehead atoms. The van der Waals surface area contributed by atoms with Gasteiger partial charge in [-0.3, -0.25) is 9.69 Å². The van der Waals surface area contributed by atoms with Crippen LogP contribution in [0.1, 0.15) is 74.8 Å². The van der Waals surface area contributed by atoms with Gasteiger partial charge in [-0.15, -0.1) is 0 Å². The summed E-state index contributed by atoms with van der Waals surface area (Å²) in [6.45, 7) is 12.8. The fraction of sp³-hybridized carbons (Fsp3) is 0.606. The highest BCUT2D eigenvalue weighted by Gasteiger charge is 2.38. The van der Waals surface area contributed by atoms with Gasteiger partial charge < -0.3 is 35.8 Å². The summed E-state index contributed by atoms with van der Waals surface area (Å²) in [5.41, 5.74) is 7.44. The molecule has 13 nitrogen and oxygen atoms in total. The number of primary amides is 1. The maximum Gasteiger partial charge on any atom is 0.410 e. The number of urea groups is 1. The Morgan fingerprint density at radius 1 is 1.00 bits per heavy atom. The quantitative estimate of drug-likeness (QED) is 0.432. The topological polar surface area (TPSA) is 149 Å². The van der Waals surface area contributed by atoms with Crippen LogP contribution in [-0.4, -0.2) is 114 Å². The number of anilines is 3. The minimum Gasteiger partial charge on any atom is -0.444 e. The van der Waals surface area contributed by atoms with Crippen molar-refractivity contribution in [1.29, 1.82) is 0 Å². The predicted octanol–water partition coefficient (Wildman–Crippen LogP) is 3.75. The fourth-order valence-corrected chi connectivity index (χ4v) is 6.22. The minimum atomic E-state index is -0.598. The highest BCUT2D eigenvalue weighted by Crippen LogP contribution is 2.32. The maximum atomic E-state index is 12.2. The third kappa shape index (κ3) is 8.56. The van der Waals surface area contributed by atoms with Crippen LogP contribution in [0.4, 0.5) is 26.9 Å². The Morgan fingerprint density at radius 2 is 1.67 bits per heavy atom. The number of likely N-dealkylation sites (N-methyl/N-ethyl adjacent to an activating group) is 1. The van der Waals surface area contributed by atoms with Gasteiger partial charge in [-0.25, -0.2) is 19.6 Å². The van der Waals surface area contributed by atoms with Gasteiger partial charge in [0, 0.05) is 58.0 Å². The second kappa shape index (κ2) is 14.5. The zero-order valence-corrected chi connectivity index (χ0v) is 27.6. The molecule has 0 unspecified atom stereocenters. The lowest BCUT2D eigenvalue weighted by Crippen LogP contribution is -2.62. The highest BCUT2D eigenvalue weighted by atomic mass is 16.6. The first kappa shape index (κ1) is 33.2. The molecule has 5 heterocycles. The van der Waals surface area contributed by atoms with Gasteiger partial charge >= 0.3 is 12.1 Å². The number of nitrogens with two attached hydrogens (primary N) is 1. The average Bonchev–Trinajstić information content (AvgIpc) is 3.38. The Hall–Kier alpha value is -4.13. The Labute approximate surface area is 271 Å². The van der Waals surface area contributed by atoms with E-state index in [-0.39, 0.29) is 17.8 Å². The van der Waals surface area contributed by atoms with Crippen LogP contribution < -0.4 is 21.3 Å². The molecular formula is C33H49N9O4. The summed E-state index contributed by atoms with van der Waals surface area (Å²) in [7, 11) is 1.78. The first-order valence-electron chi connectivity index (χ1n) is 16.5. The number of rotatable bonds is 6. The molecule has 1 aromatic heterocycles. The molecule has 0 aliphatic carbocycles. The highest BCUT2D eigenvalue weighted by molar-refractivity contribution is 5.96. The summed E-state index contributed by atoms with van der Waals surface area (Å²) in [5.74, 6) is 1.07. The molecule has 0 spiro atoms. The summed E-state index contributed by atoms with van der Waals surface area (Å²) in [5, 5.41) is 5.93. The van der Waals surface area contributed by atoms with Crippen LogP contribution in [0.5, 0.6) is 0 Å². The summed E-state index contributed by atoms with van der Waals surface area (Å²) >= 11 is 0. The van der Waals surface area contributed by atoms with Crippen LogP contribution in [-0.2, 0) is 4.74 Å². The fourth-order valence-electron chi connectivity index (χ4n) is 6.22. The molecule has 4 aliphatic rings. The molecule has 46 heavy (non-hydrogen) atoms. The third-order valence-electron chi connectivity index (χ3n) is 8.95. The number of aromatic nitrogens is 2. The number of amides is 4. The molecule has 13 heteroatoms. The Bertz CT molecular complexity index is 1360. The molecule has 4 N–H and O–H groups in total. The summed E-state index contributed by atoms with van der Waals surface area (Å²) in [6.07, 6.45) is 7.10. The molecule has 6 rings (SSSR count). The molecular weight excluding hydrogens is 586 g/mol. The number of likely N-dealkylation sites (tertiary alicyclic amines) is 2. The second-order valence-electron chi connectivity index (χ2n) is 13.6. The average molecular weight is 636 g/mol. The monoisotopic (exact) mass is 635 g/mol. The SMILES string of the molecule is CC(C)(C)OC(=O)N1CC(N2CCC(c3ccc(Nc4nc(N5CCCCC5)cnc4C(N)=O)cc3)CC2)C1.CN1CCNC1=O. The minimum absolute atomic E-state index is 0.0417. The van der Waals surface area contributed by atoms with Crippen LogP contribution in [0.2, 0.25) is 0 Å². The number of carbonyl (C=O) groups is 3. The molecule has 2 aromatic rings. The van der Waals surface area contributed by atoms with Crippen LogP contribution in [0, 0.1) is 0 Å². The molecule has 0 saturated carbocycles. The molecule has 4 aliphatic heterocycles. The number of nitrogens with one attached hydrogen (secondary N) is 2. The summed E-state index contributed by atoms with van der Waals surface area (Å²) in [6, 6.07) is 8.84. The van der Waals surface area contributed by atoms with E-state index in [2.05, 4.69) is 37.6 Å². The Morgan fingerprint density at radius 3 is 2.22 bits per heavy atom. The normalized spacial score (nSPS) is 19.6. The van der Waals surface area contributed by atoms with E-state index in [0.717, 1.165) is 89.5 Å². The molecule has 4 amide bonds. The van der Waals surface area contributed by atoms with Crippen molar-refractivity contribution in [3.8, 4) is 0 Å². The van der Waals surface area contributed by atoms with Crippen LogP contribution in [0.15, 0.2) is 30.5 Å². The number of carbonyl (C=O) groups excluding carboxylic acids is 3. The number of benzene rings is 1. The lowest BCUT2D eigenvalue weighted by atomic mass is 9.88. The van der Waals surface area contributed by atoms with Crippen molar-refractivity contribution in [2.75, 3.05) is 69.6 Å². The van der Waals surface area contributed by atoms with Crippen LogP contribution >= 0.6 is 0 Å². The van der Waals surface area contributed by atoms with Gasteiger partial charge in [0.05, 0.1) is 6.20 Å². The summed E-state index contributed by atoms with van der Waals surface area (Å²) in [4.78, 5) is 51.8. The number of hydrogen-bond donors (Lipinski definition) is 3. The number of nitrogens with zero attached hydrogens (tertiary/aromatic N) is 6. The second-order valence-corrected chi connectivity index (χ2v) is 13.6. The maximum absolute atomic E-state index is 12.2. The first-order chi connectivity index (χ1) is 22.0. The van der Waals surface area contributed by atoms with Crippen LogP contribution in [0.25, 0.3) is 0 Å². The van der Waals surface area contributed by atoms with Crippen molar-refractivity contribution in [2.24, 2.45) is 5.73 Å². The van der Waals surface area contributed by atoms with Crippen molar-refractivity contribution < 1.29 is 19.1 Å². The third-order valence-corrected chi connectivity index (χ3v) is 8.95. The van der Waals surface area contributed by atoms with Gasteiger partial charge in [-0.05, 0) is 89.6 Å². The smallest absolute Gasteiger partial charge is 0.410 e. The lowest BCUT2D eigenvalue weighted by Gasteiger charge is -2.47. The van der Waals surface area contributed by atoms with E-state index in [1.54, 1.807) is 23.0 Å². The van der Waals surface area contributed by atoms with Gasteiger partial charge in [0.2, 0.25) is 0 Å². The van der Waals surface area contributed by atoms with E-state index in [4.69, 9.17) is 15.5 Å². The van der Waals surface area contributed by atoms with Gasteiger partial charge in [-0.1, -0.05) is 12.1 Å². The number of ether oxygens (including phenoxy) is 1. The van der Waals surface area contributed by atoms with E-state index in [0.29, 0.717) is 17.8 Å². The van der Waals surface area contributed by atoms with Gasteiger partial charge in [0.15, 0.2) is 11.5 Å². The molecule has 0 radical (unpaired) electrons. The largest absolute Gasteiger partial charge is 0.444 e. The van der Waals surface area contributed by atoms with E-state index in [1.165, 1.54) is 12.0 Å². The zero-order chi connectivity index (χ0) is 32.8. The standard InChI is InChI=1S/C29H41N7O3.C4H8N2O/c1-29(2,3)39-28(38)36-18-23(19-36)34-15-11-21(12-16-34)20-7-9-22(10-8-20)32-27-25(26(30)37)31-17-24(33-27)35-13-5-4-6-14-35;1-6-3-2-5-4(6)7/h7-10,17,21,23H,4-6,11-16,18-19H2,1-3H3,(H2,30,37)(H,32,33);2-3H2,1H3,(H,5,7). The van der Waals surface area contributed by atoms with Crippen molar-refractivity contribution in [3.63, 3.8) is 0 Å². The van der Waals surface area contributed by atoms with E-state index >= 15 is 0 Å². The molecule has 1 aromatic carbocycles. The van der Waals surface area contributed by atoms with Crippen molar-refractivity contribution >= 4 is 35.4 Å². The molecule has 4 saturated heterocycles. The molecule has 4 fully saturated rings. The van der Waals surface area contributed by atoms with Gasteiger partial charge in [0.25, 0.3) is 5.91 Å². The Kier molecular flexibility index (Phi) is 10.5. The van der Waals surface area contributed by atoms with Gasteiger partial charge in [-0.2, -0.15) is 0 Å². The van der Waals surface area contributed by atoms with Crippen molar-refractivity contribution in [2.45, 2.75) is 70.4 Å². The van der Waals surface area contributed by atoms with Crippen molar-refractivity contribution in [3.05, 3.63) is 41.7 Å². The van der Waals surface area contributed by atoms with Gasteiger partial charge in [0.1, 0.15) is 11.4 Å². The lowest BCUT2D eigenvalue weighted by molar-refractivity contribution is -0.0196. The number of piperidine rings is 2. The van der Waals surface area contributed by atoms with E-state index < -0.39 is 11.5 Å². The van der Waals surface area contributed by atoms with Crippen LogP contribution in [0.3, 0.4) is 0 Å². The van der Waals surface area contributed by atoms with E-state index in [1.807, 2.05) is 32.9 Å². The molecule has 250 valence electrons. The summed E-state index contributed by atoms with van der Waals surface area (Å²) < 4.78 is 5.48. The molecule has 0 atom stereocenters. The zero-order valence-electron chi connectivity index (χ0n) is 27.6. The van der Waals surface area contributed by atoms with Crippen molar-refractivity contribution in [1.82, 2.24) is 30.0 Å². The first-order valence-corrected chi connectivity index (χ1v) is 16.5. The predicted molar refractivity (Wildman–Crippen MR) is 178 cm³/mol. The number of hydrogen-bond acceptors (Lipinski definition) is 9.